The summed E-state index contributed by atoms with van der Waals surface area (Å²) in [4.78, 5) is 38.2. The van der Waals surface area contributed by atoms with Crippen LogP contribution in [0.4, 0.5) is 11.6 Å². The highest BCUT2D eigenvalue weighted by Gasteiger charge is 2.29. The summed E-state index contributed by atoms with van der Waals surface area (Å²) in [7, 11) is -3.89. The van der Waals surface area contributed by atoms with Crippen molar-refractivity contribution in [3.8, 4) is 0 Å². The first-order valence-electron chi connectivity index (χ1n) is 12.0. The van der Waals surface area contributed by atoms with Gasteiger partial charge in [-0.1, -0.05) is 0 Å². The summed E-state index contributed by atoms with van der Waals surface area (Å²) in [5, 5.41) is 10.6. The van der Waals surface area contributed by atoms with Gasteiger partial charge in [0.25, 0.3) is 15.6 Å². The second-order valence-electron chi connectivity index (χ2n) is 9.38. The van der Waals surface area contributed by atoms with Crippen LogP contribution in [0, 0.1) is 5.92 Å². The van der Waals surface area contributed by atoms with Gasteiger partial charge in [-0.05, 0) is 61.9 Å². The molecule has 0 radical (unpaired) electrons. The molecule has 12 nitrogen and oxygen atoms in total. The third-order valence-electron chi connectivity index (χ3n) is 6.39. The lowest BCUT2D eigenvalue weighted by molar-refractivity contribution is -0.116. The highest BCUT2D eigenvalue weighted by Crippen LogP contribution is 2.37. The van der Waals surface area contributed by atoms with Gasteiger partial charge in [-0.2, -0.15) is 13.4 Å². The van der Waals surface area contributed by atoms with E-state index < -0.39 is 15.9 Å². The summed E-state index contributed by atoms with van der Waals surface area (Å²) < 4.78 is 27.9. The van der Waals surface area contributed by atoms with Crippen molar-refractivity contribution in [1.82, 2.24) is 28.7 Å². The van der Waals surface area contributed by atoms with E-state index >= 15 is 0 Å². The Hall–Kier alpha value is -4.13. The summed E-state index contributed by atoms with van der Waals surface area (Å²) in [6.07, 6.45) is 7.12. The quantitative estimate of drug-likeness (QED) is 0.337. The molecule has 4 aromatic rings. The van der Waals surface area contributed by atoms with Crippen LogP contribution in [0.5, 0.6) is 0 Å². The Bertz CT molecular complexity index is 1650. The average Bonchev–Trinajstić information content (AvgIpc) is 3.84. The molecule has 2 aliphatic rings. The average molecular weight is 521 g/mol. The zero-order valence-electron chi connectivity index (χ0n) is 19.7. The second kappa shape index (κ2) is 9.07. The number of amides is 1. The fourth-order valence-corrected chi connectivity index (χ4v) is 4.99. The number of fused-ring (bicyclic) bond motifs is 1. The normalized spacial score (nSPS) is 15.6. The molecule has 1 aromatic carbocycles. The molecule has 0 spiro atoms. The van der Waals surface area contributed by atoms with Crippen LogP contribution in [0.3, 0.4) is 0 Å². The maximum atomic E-state index is 12.9. The van der Waals surface area contributed by atoms with Crippen molar-refractivity contribution in [2.45, 2.75) is 43.0 Å². The first kappa shape index (κ1) is 23.3. The van der Waals surface area contributed by atoms with E-state index in [4.69, 9.17) is 0 Å². The number of pyridine rings is 1. The molecule has 0 saturated heterocycles. The number of hydrogen-bond donors (Lipinski definition) is 2. The van der Waals surface area contributed by atoms with E-state index in [1.165, 1.54) is 54.1 Å². The first-order chi connectivity index (χ1) is 17.9. The van der Waals surface area contributed by atoms with E-state index in [0.717, 1.165) is 23.5 Å². The smallest absolute Gasteiger partial charge is 0.284 e. The van der Waals surface area contributed by atoms with Gasteiger partial charge in [-0.3, -0.25) is 14.2 Å². The third kappa shape index (κ3) is 4.94. The molecule has 3 aromatic heterocycles. The van der Waals surface area contributed by atoms with Crippen LogP contribution in [0.1, 0.15) is 37.4 Å². The lowest BCUT2D eigenvalue weighted by Crippen LogP contribution is -2.28. The number of anilines is 2. The van der Waals surface area contributed by atoms with Crippen LogP contribution in [0.25, 0.3) is 11.0 Å². The fourth-order valence-electron chi connectivity index (χ4n) is 3.93. The van der Waals surface area contributed by atoms with Gasteiger partial charge in [0.05, 0.1) is 4.90 Å². The second-order valence-corrected chi connectivity index (χ2v) is 11.2. The topological polar surface area (TPSA) is 154 Å². The van der Waals surface area contributed by atoms with Gasteiger partial charge in [0.2, 0.25) is 11.9 Å². The van der Waals surface area contributed by atoms with Crippen LogP contribution in [-0.4, -0.2) is 49.6 Å². The predicted octanol–water partition coefficient (Wildman–Crippen LogP) is 1.96. The minimum atomic E-state index is -3.89. The SMILES string of the molecule is O=C(Cn1c(=O)ccc2cnc(NCC3CC3)nc21)Nc1ccc(S(=O)(=O)n2cnc(C3CC3)n2)cc1. The van der Waals surface area contributed by atoms with Gasteiger partial charge < -0.3 is 10.6 Å². The third-order valence-corrected chi connectivity index (χ3v) is 7.92. The molecule has 2 aliphatic carbocycles. The Morgan fingerprint density at radius 1 is 1.03 bits per heavy atom. The van der Waals surface area contributed by atoms with Crippen molar-refractivity contribution in [2.75, 3.05) is 17.2 Å². The molecule has 0 bridgehead atoms. The maximum Gasteiger partial charge on any atom is 0.284 e. The van der Waals surface area contributed by atoms with Gasteiger partial charge in [0, 0.05) is 35.8 Å². The number of aromatic nitrogens is 6. The van der Waals surface area contributed by atoms with Crippen LogP contribution in [0.15, 0.2) is 58.6 Å². The Labute approximate surface area is 211 Å². The van der Waals surface area contributed by atoms with E-state index in [1.54, 1.807) is 12.3 Å². The fraction of sp³-hybridized carbons (Fsp3) is 0.333. The van der Waals surface area contributed by atoms with E-state index in [2.05, 4.69) is 30.7 Å². The number of carbonyl (C=O) groups is 1. The Balaban J connectivity index is 1.17. The van der Waals surface area contributed by atoms with E-state index in [9.17, 15) is 18.0 Å². The molecule has 0 aliphatic heterocycles. The molecule has 0 unspecified atom stereocenters. The van der Waals surface area contributed by atoms with Crippen molar-refractivity contribution in [1.29, 1.82) is 0 Å². The Morgan fingerprint density at radius 2 is 1.81 bits per heavy atom. The van der Waals surface area contributed by atoms with Gasteiger partial charge in [0.15, 0.2) is 5.82 Å². The molecular weight excluding hydrogens is 496 g/mol. The van der Waals surface area contributed by atoms with Crippen molar-refractivity contribution >= 4 is 38.6 Å². The molecule has 13 heteroatoms. The summed E-state index contributed by atoms with van der Waals surface area (Å²) in [5.74, 6) is 1.35. The Kier molecular flexibility index (Phi) is 5.71. The largest absolute Gasteiger partial charge is 0.354 e. The van der Waals surface area contributed by atoms with Gasteiger partial charge in [-0.15, -0.1) is 9.19 Å². The van der Waals surface area contributed by atoms with E-state index in [-0.39, 0.29) is 22.9 Å². The molecule has 2 fully saturated rings. The molecule has 2 saturated carbocycles. The zero-order chi connectivity index (χ0) is 25.6. The number of benzene rings is 1. The van der Waals surface area contributed by atoms with Crippen molar-refractivity contribution in [3.63, 3.8) is 0 Å². The summed E-state index contributed by atoms with van der Waals surface area (Å²) in [5.41, 5.74) is 0.376. The van der Waals surface area contributed by atoms with Crippen molar-refractivity contribution < 1.29 is 13.2 Å². The molecule has 37 heavy (non-hydrogen) atoms. The molecular formula is C24H24N8O4S. The predicted molar refractivity (Wildman–Crippen MR) is 135 cm³/mol. The number of carbonyl (C=O) groups excluding carboxylic acids is 1. The monoisotopic (exact) mass is 520 g/mol. The minimum absolute atomic E-state index is 0.0194. The van der Waals surface area contributed by atoms with Crippen molar-refractivity contribution in [3.05, 3.63) is 65.1 Å². The maximum absolute atomic E-state index is 12.9. The lowest BCUT2D eigenvalue weighted by atomic mass is 10.3. The number of rotatable bonds is 9. The summed E-state index contributed by atoms with van der Waals surface area (Å²) >= 11 is 0. The van der Waals surface area contributed by atoms with Crippen molar-refractivity contribution in [2.24, 2.45) is 5.92 Å². The first-order valence-corrected chi connectivity index (χ1v) is 13.5. The van der Waals surface area contributed by atoms with Crippen LogP contribution in [-0.2, 0) is 21.4 Å². The minimum Gasteiger partial charge on any atom is -0.354 e. The molecule has 1 amide bonds. The molecule has 3 heterocycles. The van der Waals surface area contributed by atoms with Gasteiger partial charge in [-0.25, -0.2) is 9.97 Å². The molecule has 0 atom stereocenters. The standard InChI is InChI=1S/C24H24N8O4S/c33-20(13-31-21(34)10-5-17-12-26-24(29-23(17)31)25-11-15-1-2-15)28-18-6-8-19(9-7-18)37(35,36)32-14-27-22(30-32)16-3-4-16/h5-10,12,14-16H,1-4,11,13H2,(H,28,33)(H,25,26,29). The molecule has 190 valence electrons. The summed E-state index contributed by atoms with van der Waals surface area (Å²) in [6, 6.07) is 8.74. The number of nitrogens with one attached hydrogen (secondary N) is 2. The zero-order valence-corrected chi connectivity index (χ0v) is 20.6. The number of nitrogens with zero attached hydrogens (tertiary/aromatic N) is 6. The molecule has 6 rings (SSSR count). The van der Waals surface area contributed by atoms with Crippen LogP contribution >= 0.6 is 0 Å². The number of hydrogen-bond acceptors (Lipinski definition) is 9. The Morgan fingerprint density at radius 3 is 2.54 bits per heavy atom. The lowest BCUT2D eigenvalue weighted by Gasteiger charge is -2.11. The van der Waals surface area contributed by atoms with E-state index in [0.29, 0.717) is 34.4 Å². The highest BCUT2D eigenvalue weighted by molar-refractivity contribution is 7.89. The van der Waals surface area contributed by atoms with Gasteiger partial charge in [0.1, 0.15) is 18.5 Å². The van der Waals surface area contributed by atoms with Gasteiger partial charge >= 0.3 is 0 Å². The van der Waals surface area contributed by atoms with E-state index in [1.807, 2.05) is 0 Å². The highest BCUT2D eigenvalue weighted by atomic mass is 32.2. The van der Waals surface area contributed by atoms with Crippen LogP contribution in [0.2, 0.25) is 0 Å². The summed E-state index contributed by atoms with van der Waals surface area (Å²) in [6.45, 7) is 0.506. The molecule has 2 N–H and O–H groups in total. The van der Waals surface area contributed by atoms with Crippen LogP contribution < -0.4 is 16.2 Å².